The summed E-state index contributed by atoms with van der Waals surface area (Å²) in [6.07, 6.45) is 1.72. The molecule has 8 heteroatoms. The summed E-state index contributed by atoms with van der Waals surface area (Å²) in [5.74, 6) is -0.977. The zero-order chi connectivity index (χ0) is 12.2. The lowest BCUT2D eigenvalue weighted by Crippen LogP contribution is -2.42. The highest BCUT2D eigenvalue weighted by atomic mass is 32.2. The van der Waals surface area contributed by atoms with Crippen molar-refractivity contribution in [3.63, 3.8) is 0 Å². The van der Waals surface area contributed by atoms with Gasteiger partial charge in [0.15, 0.2) is 0 Å². The fourth-order valence-corrected chi connectivity index (χ4v) is 3.85. The van der Waals surface area contributed by atoms with Crippen LogP contribution in [0.1, 0.15) is 0 Å². The van der Waals surface area contributed by atoms with E-state index in [0.717, 1.165) is 11.3 Å². The van der Waals surface area contributed by atoms with E-state index in [-0.39, 0.29) is 9.96 Å². The summed E-state index contributed by atoms with van der Waals surface area (Å²) in [5, 5.41) is 10.5. The van der Waals surface area contributed by atoms with E-state index in [1.807, 2.05) is 0 Å². The Morgan fingerprint density at radius 1 is 1.69 bits per heavy atom. The Hall–Kier alpha value is -0.570. The van der Waals surface area contributed by atoms with Crippen LogP contribution in [0.3, 0.4) is 0 Å². The third-order valence-corrected chi connectivity index (χ3v) is 5.22. The molecular weight excluding hydrogens is 270 g/mol. The molecular formula is C8H11NO4S3. The number of rotatable bonds is 6. The number of hydrogen-bond donors (Lipinski definition) is 2. The number of carboxylic acid groups (broad SMARTS) is 1. The van der Waals surface area contributed by atoms with Crippen LogP contribution in [0.25, 0.3) is 0 Å². The summed E-state index contributed by atoms with van der Waals surface area (Å²) < 4.78 is 25.7. The molecule has 0 aliphatic rings. The maximum Gasteiger partial charge on any atom is 0.322 e. The van der Waals surface area contributed by atoms with Gasteiger partial charge in [0.25, 0.3) is 10.0 Å². The second kappa shape index (κ2) is 5.67. The Kier molecular flexibility index (Phi) is 4.78. The van der Waals surface area contributed by atoms with Crippen molar-refractivity contribution < 1.29 is 18.3 Å². The first-order chi connectivity index (χ1) is 7.47. The van der Waals surface area contributed by atoms with Gasteiger partial charge in [0.2, 0.25) is 0 Å². The molecule has 1 aromatic rings. The minimum absolute atomic E-state index is 0.125. The monoisotopic (exact) mass is 281 g/mol. The summed E-state index contributed by atoms with van der Waals surface area (Å²) in [5.41, 5.74) is 0. The van der Waals surface area contributed by atoms with Crippen LogP contribution in [0.15, 0.2) is 21.7 Å². The highest BCUT2D eigenvalue weighted by Crippen LogP contribution is 2.16. The van der Waals surface area contributed by atoms with Gasteiger partial charge in [-0.3, -0.25) is 4.79 Å². The Morgan fingerprint density at radius 2 is 2.38 bits per heavy atom. The van der Waals surface area contributed by atoms with E-state index in [1.165, 1.54) is 17.8 Å². The van der Waals surface area contributed by atoms with Crippen molar-refractivity contribution in [2.75, 3.05) is 12.0 Å². The van der Waals surface area contributed by atoms with Gasteiger partial charge >= 0.3 is 5.97 Å². The minimum atomic E-state index is -3.71. The topological polar surface area (TPSA) is 83.5 Å². The van der Waals surface area contributed by atoms with Crippen molar-refractivity contribution in [2.24, 2.45) is 0 Å². The number of thiophene rings is 1. The number of hydrogen-bond acceptors (Lipinski definition) is 5. The molecule has 0 saturated heterocycles. The molecule has 0 saturated carbocycles. The third kappa shape index (κ3) is 3.48. The normalized spacial score (nSPS) is 13.6. The van der Waals surface area contributed by atoms with E-state index in [1.54, 1.807) is 17.7 Å². The molecule has 1 rings (SSSR count). The molecule has 0 fully saturated rings. The van der Waals surface area contributed by atoms with Gasteiger partial charge in [0.05, 0.1) is 0 Å². The molecule has 0 spiro atoms. The van der Waals surface area contributed by atoms with E-state index < -0.39 is 22.0 Å². The Morgan fingerprint density at radius 3 is 2.81 bits per heavy atom. The number of thioether (sulfide) groups is 1. The van der Waals surface area contributed by atoms with E-state index in [0.29, 0.717) is 0 Å². The molecule has 1 unspecified atom stereocenters. The number of aliphatic carboxylic acids is 1. The van der Waals surface area contributed by atoms with Crippen molar-refractivity contribution in [2.45, 2.75) is 10.3 Å². The molecule has 0 radical (unpaired) electrons. The van der Waals surface area contributed by atoms with Gasteiger partial charge in [-0.15, -0.1) is 11.3 Å². The Bertz CT molecular complexity index is 440. The fourth-order valence-electron chi connectivity index (χ4n) is 0.984. The SMILES string of the molecule is CSCC(NS(=O)(=O)c1cccs1)C(=O)O. The largest absolute Gasteiger partial charge is 0.480 e. The van der Waals surface area contributed by atoms with Gasteiger partial charge in [-0.1, -0.05) is 6.07 Å². The van der Waals surface area contributed by atoms with Crippen molar-refractivity contribution in [1.29, 1.82) is 0 Å². The minimum Gasteiger partial charge on any atom is -0.480 e. The fraction of sp³-hybridized carbons (Fsp3) is 0.375. The van der Waals surface area contributed by atoms with E-state index >= 15 is 0 Å². The highest BCUT2D eigenvalue weighted by Gasteiger charge is 2.25. The zero-order valence-corrected chi connectivity index (χ0v) is 10.9. The van der Waals surface area contributed by atoms with Crippen LogP contribution in [0.2, 0.25) is 0 Å². The van der Waals surface area contributed by atoms with Crippen LogP contribution in [-0.2, 0) is 14.8 Å². The van der Waals surface area contributed by atoms with Gasteiger partial charge in [0, 0.05) is 5.75 Å². The molecule has 0 amide bonds. The summed E-state index contributed by atoms with van der Waals surface area (Å²) in [7, 11) is -3.71. The smallest absolute Gasteiger partial charge is 0.322 e. The standard InChI is InChI=1S/C8H11NO4S3/c1-14-5-6(8(10)11)9-16(12,13)7-3-2-4-15-7/h2-4,6,9H,5H2,1H3,(H,10,11). The number of nitrogens with one attached hydrogen (secondary N) is 1. The van der Waals surface area contributed by atoms with Gasteiger partial charge in [-0.25, -0.2) is 8.42 Å². The molecule has 0 aliphatic carbocycles. The quantitative estimate of drug-likeness (QED) is 0.807. The van der Waals surface area contributed by atoms with Gasteiger partial charge < -0.3 is 5.11 Å². The molecule has 5 nitrogen and oxygen atoms in total. The van der Waals surface area contributed by atoms with E-state index in [9.17, 15) is 13.2 Å². The van der Waals surface area contributed by atoms with Crippen LogP contribution in [0, 0.1) is 0 Å². The van der Waals surface area contributed by atoms with Crippen molar-refractivity contribution in [3.05, 3.63) is 17.5 Å². The summed E-state index contributed by atoms with van der Waals surface area (Å²) in [6.45, 7) is 0. The lowest BCUT2D eigenvalue weighted by Gasteiger charge is -2.12. The molecule has 0 aromatic carbocycles. The number of carboxylic acids is 1. The van der Waals surface area contributed by atoms with Crippen LogP contribution in [-0.4, -0.2) is 37.5 Å². The maximum absolute atomic E-state index is 11.7. The summed E-state index contributed by atoms with van der Waals surface area (Å²) >= 11 is 2.32. The highest BCUT2D eigenvalue weighted by molar-refractivity contribution is 7.98. The number of sulfonamides is 1. The first-order valence-corrected chi connectivity index (χ1v) is 8.00. The first kappa shape index (κ1) is 13.5. The second-order valence-corrected chi connectivity index (χ2v) is 6.70. The molecule has 0 aliphatic heterocycles. The molecule has 0 bridgehead atoms. The van der Waals surface area contributed by atoms with E-state index in [2.05, 4.69) is 4.72 Å². The second-order valence-electron chi connectivity index (χ2n) is 2.90. The van der Waals surface area contributed by atoms with Crippen molar-refractivity contribution in [1.82, 2.24) is 4.72 Å². The van der Waals surface area contributed by atoms with Gasteiger partial charge in [0.1, 0.15) is 10.3 Å². The molecule has 16 heavy (non-hydrogen) atoms. The molecule has 1 aromatic heterocycles. The first-order valence-electron chi connectivity index (χ1n) is 4.25. The summed E-state index contributed by atoms with van der Waals surface area (Å²) in [4.78, 5) is 10.8. The Labute approximate surface area is 102 Å². The average Bonchev–Trinajstić information content (AvgIpc) is 2.69. The lowest BCUT2D eigenvalue weighted by atomic mass is 10.4. The lowest BCUT2D eigenvalue weighted by molar-refractivity contribution is -0.138. The Balaban J connectivity index is 2.82. The van der Waals surface area contributed by atoms with Gasteiger partial charge in [-0.2, -0.15) is 16.5 Å². The predicted molar refractivity (Wildman–Crippen MR) is 64.4 cm³/mol. The zero-order valence-electron chi connectivity index (χ0n) is 8.41. The molecule has 90 valence electrons. The van der Waals surface area contributed by atoms with Gasteiger partial charge in [-0.05, 0) is 17.7 Å². The average molecular weight is 281 g/mol. The predicted octanol–water partition coefficient (Wildman–Crippen LogP) is 0.843. The molecule has 2 N–H and O–H groups in total. The molecule has 1 heterocycles. The third-order valence-electron chi connectivity index (χ3n) is 1.69. The number of carbonyl (C=O) groups is 1. The van der Waals surface area contributed by atoms with Crippen LogP contribution < -0.4 is 4.72 Å². The van der Waals surface area contributed by atoms with Crippen molar-refractivity contribution in [3.8, 4) is 0 Å². The van der Waals surface area contributed by atoms with Crippen molar-refractivity contribution >= 4 is 39.1 Å². The maximum atomic E-state index is 11.7. The van der Waals surface area contributed by atoms with Crippen LogP contribution in [0.4, 0.5) is 0 Å². The summed E-state index contributed by atoms with van der Waals surface area (Å²) in [6, 6.07) is 1.94. The molecule has 1 atom stereocenters. The van der Waals surface area contributed by atoms with Crippen LogP contribution >= 0.6 is 23.1 Å². The van der Waals surface area contributed by atoms with E-state index in [4.69, 9.17) is 5.11 Å². The van der Waals surface area contributed by atoms with Crippen LogP contribution in [0.5, 0.6) is 0 Å².